The van der Waals surface area contributed by atoms with Gasteiger partial charge in [-0.15, -0.1) is 0 Å². The number of rotatable bonds is 79. The molecule has 0 aromatic carbocycles. The van der Waals surface area contributed by atoms with Crippen LogP contribution < -0.4 is 5.32 Å². The molecule has 0 aromatic rings. The zero-order chi connectivity index (χ0) is 79.5. The van der Waals surface area contributed by atoms with Gasteiger partial charge in [-0.1, -0.05) is 425 Å². The fourth-order valence-corrected chi connectivity index (χ4v) is 16.7. The highest BCUT2D eigenvalue weighted by atomic mass is 16.8. The van der Waals surface area contributed by atoms with E-state index in [0.717, 1.165) is 44.9 Å². The lowest BCUT2D eigenvalue weighted by molar-refractivity contribution is -0.379. The highest BCUT2D eigenvalue weighted by Gasteiger charge is 2.54. The first-order valence-electron chi connectivity index (χ1n) is 47.3. The summed E-state index contributed by atoms with van der Waals surface area (Å²) in [4.78, 5) is 13.6. The molecule has 0 saturated carbocycles. The summed E-state index contributed by atoms with van der Waals surface area (Å²) in [6.07, 6.45) is 60.9. The van der Waals surface area contributed by atoms with Crippen LogP contribution >= 0.6 is 0 Å². The van der Waals surface area contributed by atoms with Gasteiger partial charge in [0.05, 0.1) is 38.6 Å². The molecule has 654 valence electrons. The molecule has 17 unspecified atom stereocenters. The first kappa shape index (κ1) is 103. The first-order chi connectivity index (χ1) is 53.8. The smallest absolute Gasteiger partial charge is 0.220 e. The molecule has 3 fully saturated rings. The largest absolute Gasteiger partial charge is 0.394 e. The first-order valence-corrected chi connectivity index (χ1v) is 47.3. The van der Waals surface area contributed by atoms with Gasteiger partial charge in [0, 0.05) is 6.42 Å². The quantitative estimate of drug-likeness (QED) is 0.0252. The van der Waals surface area contributed by atoms with Gasteiger partial charge in [0.2, 0.25) is 5.91 Å². The van der Waals surface area contributed by atoms with Crippen LogP contribution in [-0.4, -0.2) is 193 Å². The minimum absolute atomic E-state index is 0.230. The molecule has 0 spiro atoms. The predicted octanol–water partition coefficient (Wildman–Crippen LogP) is 18.5. The SMILES string of the molecule is CCCCCCCCCCCCCCCCCCCCCCCCCCCCCCCCCCCC(=O)NC(COC1OC(CO)C(OC2OC(CO)C(OC3OC(CO)C(O)C(O)C3O)C(O)C2O)C(O)C1O)C(O)CCCCCCCCCCCCCCCCCCCCCCCCCCCCCCCCCC. The minimum atomic E-state index is -1.97. The highest BCUT2D eigenvalue weighted by Crippen LogP contribution is 2.34. The molecule has 0 aromatic heterocycles. The van der Waals surface area contributed by atoms with E-state index in [2.05, 4.69) is 19.2 Å². The molecule has 1 amide bonds. The third kappa shape index (κ3) is 49.9. The molecule has 110 heavy (non-hydrogen) atoms. The molecule has 3 rings (SSSR count). The van der Waals surface area contributed by atoms with Gasteiger partial charge in [0.1, 0.15) is 73.2 Å². The van der Waals surface area contributed by atoms with Crippen LogP contribution in [-0.2, 0) is 33.2 Å². The van der Waals surface area contributed by atoms with Crippen molar-refractivity contribution in [3.8, 4) is 0 Å². The van der Waals surface area contributed by atoms with Crippen LogP contribution in [0.2, 0.25) is 0 Å². The molecule has 19 nitrogen and oxygen atoms in total. The van der Waals surface area contributed by atoms with E-state index < -0.39 is 124 Å². The van der Waals surface area contributed by atoms with E-state index in [1.54, 1.807) is 0 Å². The van der Waals surface area contributed by atoms with Crippen molar-refractivity contribution in [2.45, 2.75) is 548 Å². The Morgan fingerprint density at radius 1 is 0.291 bits per heavy atom. The van der Waals surface area contributed by atoms with Gasteiger partial charge in [-0.3, -0.25) is 4.79 Å². The Balaban J connectivity index is 1.30. The molecule has 17 atom stereocenters. The Hall–Kier alpha value is -1.21. The topological polar surface area (TPSA) is 307 Å². The van der Waals surface area contributed by atoms with Gasteiger partial charge in [-0.05, 0) is 12.8 Å². The van der Waals surface area contributed by atoms with Crippen LogP contribution in [0.15, 0.2) is 0 Å². The fourth-order valence-electron chi connectivity index (χ4n) is 16.7. The summed E-state index contributed by atoms with van der Waals surface area (Å²) in [5.74, 6) is -0.230. The monoisotopic (exact) mass is 1570 g/mol. The maximum absolute atomic E-state index is 13.6. The third-order valence-corrected chi connectivity index (χ3v) is 24.2. The molecule has 3 aliphatic rings. The lowest BCUT2D eigenvalue weighted by atomic mass is 9.96. The van der Waals surface area contributed by atoms with Crippen LogP contribution in [0.5, 0.6) is 0 Å². The predicted molar refractivity (Wildman–Crippen MR) is 444 cm³/mol. The summed E-state index contributed by atoms with van der Waals surface area (Å²) in [5.41, 5.74) is 0. The molecular formula is C91H177NO18. The van der Waals surface area contributed by atoms with Gasteiger partial charge < -0.3 is 89.9 Å². The number of unbranched alkanes of at least 4 members (excludes halogenated alkanes) is 63. The Labute approximate surface area is 672 Å². The average Bonchev–Trinajstić information content (AvgIpc) is 0.780. The number of hydrogen-bond acceptors (Lipinski definition) is 18. The van der Waals surface area contributed by atoms with Gasteiger partial charge in [-0.2, -0.15) is 0 Å². The lowest BCUT2D eigenvalue weighted by Gasteiger charge is -2.48. The van der Waals surface area contributed by atoms with Gasteiger partial charge in [0.25, 0.3) is 0 Å². The Morgan fingerprint density at radius 2 is 0.518 bits per heavy atom. The van der Waals surface area contributed by atoms with Crippen molar-refractivity contribution in [3.63, 3.8) is 0 Å². The van der Waals surface area contributed by atoms with Crippen LogP contribution in [0.1, 0.15) is 444 Å². The van der Waals surface area contributed by atoms with E-state index in [4.69, 9.17) is 28.4 Å². The number of aliphatic hydroxyl groups is 11. The molecule has 19 heteroatoms. The number of ether oxygens (including phenoxy) is 6. The number of carbonyl (C=O) groups is 1. The molecule has 0 aliphatic carbocycles. The van der Waals surface area contributed by atoms with E-state index in [1.807, 2.05) is 0 Å². The summed E-state index contributed by atoms with van der Waals surface area (Å²) in [6.45, 7) is 1.90. The summed E-state index contributed by atoms with van der Waals surface area (Å²) < 4.78 is 34.6. The number of carbonyl (C=O) groups excluding carboxylic acids is 1. The van der Waals surface area contributed by atoms with Crippen LogP contribution in [0.25, 0.3) is 0 Å². The molecule has 3 aliphatic heterocycles. The second-order valence-electron chi connectivity index (χ2n) is 34.2. The summed E-state index contributed by atoms with van der Waals surface area (Å²) >= 11 is 0. The zero-order valence-electron chi connectivity index (χ0n) is 70.8. The van der Waals surface area contributed by atoms with E-state index in [-0.39, 0.29) is 18.9 Å². The maximum atomic E-state index is 13.6. The number of amides is 1. The van der Waals surface area contributed by atoms with Crippen molar-refractivity contribution in [3.05, 3.63) is 0 Å². The highest BCUT2D eigenvalue weighted by molar-refractivity contribution is 5.76. The van der Waals surface area contributed by atoms with E-state index in [9.17, 15) is 61.0 Å². The second kappa shape index (κ2) is 71.9. The average molecular weight is 1570 g/mol. The van der Waals surface area contributed by atoms with Crippen LogP contribution in [0, 0.1) is 0 Å². The summed E-state index contributed by atoms with van der Waals surface area (Å²) in [7, 11) is 0. The van der Waals surface area contributed by atoms with E-state index in [1.165, 1.54) is 366 Å². The third-order valence-electron chi connectivity index (χ3n) is 24.2. The normalized spacial score (nSPS) is 25.0. The molecule has 3 saturated heterocycles. The van der Waals surface area contributed by atoms with Gasteiger partial charge in [-0.25, -0.2) is 0 Å². The van der Waals surface area contributed by atoms with Crippen molar-refractivity contribution in [2.75, 3.05) is 26.4 Å². The lowest BCUT2D eigenvalue weighted by Crippen LogP contribution is -2.66. The number of nitrogens with one attached hydrogen (secondary N) is 1. The minimum Gasteiger partial charge on any atom is -0.394 e. The Bertz CT molecular complexity index is 1980. The van der Waals surface area contributed by atoms with Crippen LogP contribution in [0.4, 0.5) is 0 Å². The molecule has 0 radical (unpaired) electrons. The standard InChI is InChI=1S/C91H177NO18/c1-3-5-7-9-11-13-15-17-19-21-23-25-27-29-31-33-35-37-39-41-43-45-47-49-51-53-55-57-59-61-63-65-67-69-79(97)92-74(75(96)68-66-64-62-60-58-56-54-52-50-48-46-44-42-40-38-36-34-32-30-28-26-24-22-20-18-16-14-12-10-8-6-4-2)73-105-89-85(103)82(100)87(77(71-94)107-89)110-91-86(104)83(101)88(78(72-95)108-91)109-90-84(102)81(99)80(98)76(70-93)106-90/h74-78,80-91,93-96,98-104H,3-73H2,1-2H3,(H,92,97). The second-order valence-corrected chi connectivity index (χ2v) is 34.2. The fraction of sp³-hybridized carbons (Fsp3) is 0.989. The Kier molecular flexibility index (Phi) is 67.3. The molecule has 0 bridgehead atoms. The Morgan fingerprint density at radius 3 is 0.791 bits per heavy atom. The summed E-state index contributed by atoms with van der Waals surface area (Å²) in [6, 6.07) is -0.885. The zero-order valence-corrected chi connectivity index (χ0v) is 70.8. The van der Waals surface area contributed by atoms with Crippen LogP contribution in [0.3, 0.4) is 0 Å². The summed E-state index contributed by atoms with van der Waals surface area (Å²) in [5, 5.41) is 121. The van der Waals surface area contributed by atoms with E-state index >= 15 is 0 Å². The molecular weight excluding hydrogens is 1390 g/mol. The van der Waals surface area contributed by atoms with E-state index in [0.29, 0.717) is 12.8 Å². The van der Waals surface area contributed by atoms with Gasteiger partial charge >= 0.3 is 0 Å². The maximum Gasteiger partial charge on any atom is 0.220 e. The molecule has 12 N–H and O–H groups in total. The van der Waals surface area contributed by atoms with Crippen molar-refractivity contribution < 1.29 is 89.4 Å². The number of aliphatic hydroxyl groups excluding tert-OH is 11. The number of hydrogen-bond donors (Lipinski definition) is 12. The van der Waals surface area contributed by atoms with Crippen molar-refractivity contribution in [2.24, 2.45) is 0 Å². The van der Waals surface area contributed by atoms with Crippen molar-refractivity contribution in [1.82, 2.24) is 5.32 Å². The van der Waals surface area contributed by atoms with Gasteiger partial charge in [0.15, 0.2) is 18.9 Å². The van der Waals surface area contributed by atoms with Crippen molar-refractivity contribution >= 4 is 5.91 Å². The van der Waals surface area contributed by atoms with Crippen molar-refractivity contribution in [1.29, 1.82) is 0 Å². The molecule has 3 heterocycles.